The number of hydrogen-bond donors (Lipinski definition) is 1. The Labute approximate surface area is 188 Å². The average Bonchev–Trinajstić information content (AvgIpc) is 3.31. The Hall–Kier alpha value is -2.17. The number of benzene rings is 1. The Morgan fingerprint density at radius 3 is 1.94 bits per heavy atom. The quantitative estimate of drug-likeness (QED) is 0.253. The number of aliphatic carboxylic acids is 1. The second-order valence-corrected chi connectivity index (χ2v) is 8.68. The predicted octanol–water partition coefficient (Wildman–Crippen LogP) is 7.31. The molecule has 0 fully saturated rings. The topological polar surface area (TPSA) is 68.0 Å². The third-order valence-corrected chi connectivity index (χ3v) is 6.13. The summed E-state index contributed by atoms with van der Waals surface area (Å²) in [5, 5.41) is 17.7. The number of hydrogen-bond acceptors (Lipinski definition) is 3. The summed E-state index contributed by atoms with van der Waals surface area (Å²) in [6.07, 6.45) is 22.3. The largest absolute Gasteiger partial charge is 0.481 e. The summed E-state index contributed by atoms with van der Waals surface area (Å²) in [7, 11) is 0. The summed E-state index contributed by atoms with van der Waals surface area (Å²) in [6, 6.07) is 7.62. The SMILES string of the molecule is CCCCCCCCCCCCCCCCC(C(=O)O)c1ccccc1-n1ccnn1. The smallest absolute Gasteiger partial charge is 0.311 e. The van der Waals surface area contributed by atoms with Crippen molar-refractivity contribution in [3.05, 3.63) is 42.2 Å². The number of unbranched alkanes of at least 4 members (excludes halogenated alkanes) is 13. The van der Waals surface area contributed by atoms with Gasteiger partial charge in [-0.15, -0.1) is 5.10 Å². The molecule has 0 radical (unpaired) electrons. The Balaban J connectivity index is 1.60. The molecule has 1 aromatic carbocycles. The van der Waals surface area contributed by atoms with Crippen molar-refractivity contribution in [2.75, 3.05) is 0 Å². The van der Waals surface area contributed by atoms with Gasteiger partial charge in [-0.2, -0.15) is 0 Å². The number of aromatic nitrogens is 3. The van der Waals surface area contributed by atoms with Gasteiger partial charge < -0.3 is 5.11 Å². The molecule has 5 nitrogen and oxygen atoms in total. The van der Waals surface area contributed by atoms with Crippen molar-refractivity contribution in [3.8, 4) is 5.69 Å². The van der Waals surface area contributed by atoms with Crippen LogP contribution in [0.1, 0.15) is 115 Å². The van der Waals surface area contributed by atoms with Crippen molar-refractivity contribution < 1.29 is 9.90 Å². The van der Waals surface area contributed by atoms with Gasteiger partial charge in [0.25, 0.3) is 0 Å². The van der Waals surface area contributed by atoms with Crippen LogP contribution in [0, 0.1) is 0 Å². The second kappa shape index (κ2) is 15.6. The summed E-state index contributed by atoms with van der Waals surface area (Å²) in [5.74, 6) is -1.26. The van der Waals surface area contributed by atoms with Crippen molar-refractivity contribution >= 4 is 5.97 Å². The van der Waals surface area contributed by atoms with Gasteiger partial charge in [0.15, 0.2) is 0 Å². The van der Waals surface area contributed by atoms with Crippen LogP contribution in [0.5, 0.6) is 0 Å². The number of carboxylic acids is 1. The van der Waals surface area contributed by atoms with Gasteiger partial charge in [0, 0.05) is 0 Å². The van der Waals surface area contributed by atoms with Gasteiger partial charge in [-0.25, -0.2) is 4.68 Å². The van der Waals surface area contributed by atoms with Gasteiger partial charge >= 0.3 is 5.97 Å². The molecule has 1 N–H and O–H groups in total. The van der Waals surface area contributed by atoms with Crippen LogP contribution >= 0.6 is 0 Å². The van der Waals surface area contributed by atoms with E-state index in [1.54, 1.807) is 17.1 Å². The van der Waals surface area contributed by atoms with Crippen LogP contribution in [0.2, 0.25) is 0 Å². The molecule has 31 heavy (non-hydrogen) atoms. The molecule has 0 saturated heterocycles. The zero-order valence-corrected chi connectivity index (χ0v) is 19.3. The minimum Gasteiger partial charge on any atom is -0.481 e. The Bertz CT molecular complexity index is 715. The molecule has 1 aromatic heterocycles. The fourth-order valence-corrected chi connectivity index (χ4v) is 4.28. The van der Waals surface area contributed by atoms with E-state index >= 15 is 0 Å². The molecule has 1 unspecified atom stereocenters. The van der Waals surface area contributed by atoms with Crippen LogP contribution in [-0.2, 0) is 4.79 Å². The highest BCUT2D eigenvalue weighted by Gasteiger charge is 2.23. The molecule has 2 rings (SSSR count). The van der Waals surface area contributed by atoms with Crippen molar-refractivity contribution in [1.29, 1.82) is 0 Å². The molecule has 0 bridgehead atoms. The number of carboxylic acid groups (broad SMARTS) is 1. The molecular weight excluding hydrogens is 386 g/mol. The molecule has 0 aliphatic rings. The predicted molar refractivity (Wildman–Crippen MR) is 127 cm³/mol. The molecule has 0 amide bonds. The highest BCUT2D eigenvalue weighted by molar-refractivity contribution is 5.77. The van der Waals surface area contributed by atoms with E-state index in [9.17, 15) is 9.90 Å². The highest BCUT2D eigenvalue weighted by Crippen LogP contribution is 2.28. The van der Waals surface area contributed by atoms with E-state index in [-0.39, 0.29) is 0 Å². The zero-order chi connectivity index (χ0) is 22.2. The maximum absolute atomic E-state index is 11.9. The minimum atomic E-state index is -0.762. The first kappa shape index (κ1) is 25.1. The highest BCUT2D eigenvalue weighted by atomic mass is 16.4. The maximum atomic E-state index is 11.9. The molecule has 1 atom stereocenters. The minimum absolute atomic E-state index is 0.502. The van der Waals surface area contributed by atoms with E-state index in [1.165, 1.54) is 77.0 Å². The van der Waals surface area contributed by atoms with Gasteiger partial charge in [-0.1, -0.05) is 120 Å². The number of rotatable bonds is 18. The lowest BCUT2D eigenvalue weighted by Crippen LogP contribution is -2.14. The van der Waals surface area contributed by atoms with Crippen molar-refractivity contribution in [3.63, 3.8) is 0 Å². The first-order chi connectivity index (χ1) is 15.2. The van der Waals surface area contributed by atoms with Crippen LogP contribution < -0.4 is 0 Å². The summed E-state index contributed by atoms with van der Waals surface area (Å²) >= 11 is 0. The van der Waals surface area contributed by atoms with Gasteiger partial charge in [-0.3, -0.25) is 4.79 Å². The Morgan fingerprint density at radius 1 is 0.871 bits per heavy atom. The van der Waals surface area contributed by atoms with E-state index in [4.69, 9.17) is 0 Å². The first-order valence-corrected chi connectivity index (χ1v) is 12.4. The van der Waals surface area contributed by atoms with E-state index in [0.717, 1.165) is 24.1 Å². The van der Waals surface area contributed by atoms with Crippen molar-refractivity contribution in [2.45, 2.75) is 109 Å². The lowest BCUT2D eigenvalue weighted by atomic mass is 9.91. The lowest BCUT2D eigenvalue weighted by molar-refractivity contribution is -0.139. The Kier molecular flexibility index (Phi) is 12.6. The molecule has 5 heteroatoms. The third kappa shape index (κ3) is 9.67. The average molecular weight is 428 g/mol. The summed E-state index contributed by atoms with van der Waals surface area (Å²) in [4.78, 5) is 11.9. The monoisotopic (exact) mass is 427 g/mol. The second-order valence-electron chi connectivity index (χ2n) is 8.68. The number of nitrogens with zero attached hydrogens (tertiary/aromatic N) is 3. The van der Waals surface area contributed by atoms with E-state index in [1.807, 2.05) is 24.3 Å². The first-order valence-electron chi connectivity index (χ1n) is 12.4. The summed E-state index contributed by atoms with van der Waals surface area (Å²) in [6.45, 7) is 2.27. The van der Waals surface area contributed by atoms with Crippen LogP contribution in [-0.4, -0.2) is 26.1 Å². The summed E-state index contributed by atoms with van der Waals surface area (Å²) < 4.78 is 1.65. The number of para-hydroxylation sites is 1. The van der Waals surface area contributed by atoms with Crippen LogP contribution in [0.3, 0.4) is 0 Å². The van der Waals surface area contributed by atoms with Crippen LogP contribution in [0.15, 0.2) is 36.7 Å². The van der Waals surface area contributed by atoms with Crippen molar-refractivity contribution in [1.82, 2.24) is 15.0 Å². The molecule has 1 heterocycles. The van der Waals surface area contributed by atoms with Gasteiger partial charge in [-0.05, 0) is 18.1 Å². The standard InChI is InChI=1S/C26H41N3O2/c1-2-3-4-5-6-7-8-9-10-11-12-13-14-15-19-24(26(30)31)23-18-16-17-20-25(23)29-22-21-27-28-29/h16-18,20-22,24H,2-15,19H2,1H3,(H,30,31). The molecule has 172 valence electrons. The fraction of sp³-hybridized carbons (Fsp3) is 0.654. The maximum Gasteiger partial charge on any atom is 0.311 e. The molecule has 0 aliphatic heterocycles. The van der Waals surface area contributed by atoms with Crippen LogP contribution in [0.4, 0.5) is 0 Å². The fourth-order valence-electron chi connectivity index (χ4n) is 4.28. The van der Waals surface area contributed by atoms with Gasteiger partial charge in [0.05, 0.1) is 24.0 Å². The zero-order valence-electron chi connectivity index (χ0n) is 19.3. The molecule has 0 saturated carbocycles. The van der Waals surface area contributed by atoms with E-state index in [2.05, 4.69) is 17.2 Å². The summed E-state index contributed by atoms with van der Waals surface area (Å²) in [5.41, 5.74) is 1.62. The number of carbonyl (C=O) groups is 1. The molecule has 0 aliphatic carbocycles. The van der Waals surface area contributed by atoms with E-state index < -0.39 is 11.9 Å². The van der Waals surface area contributed by atoms with Crippen LogP contribution in [0.25, 0.3) is 5.69 Å². The van der Waals surface area contributed by atoms with Crippen molar-refractivity contribution in [2.24, 2.45) is 0 Å². The van der Waals surface area contributed by atoms with E-state index in [0.29, 0.717) is 6.42 Å². The molecule has 2 aromatic rings. The Morgan fingerprint density at radius 2 is 1.42 bits per heavy atom. The third-order valence-electron chi connectivity index (χ3n) is 6.13. The van der Waals surface area contributed by atoms with Gasteiger partial charge in [0.1, 0.15) is 0 Å². The van der Waals surface area contributed by atoms with Gasteiger partial charge in [0.2, 0.25) is 0 Å². The normalized spacial score (nSPS) is 12.2. The molecular formula is C26H41N3O2. The lowest BCUT2D eigenvalue weighted by Gasteiger charge is -2.16. The molecule has 0 spiro atoms.